The Balaban J connectivity index is 1.89. The Kier molecular flexibility index (Phi) is 5.03. The van der Waals surface area contributed by atoms with E-state index >= 15 is 0 Å². The van der Waals surface area contributed by atoms with Gasteiger partial charge in [-0.15, -0.1) is 0 Å². The number of piperazine rings is 1. The Morgan fingerprint density at radius 3 is 2.81 bits per heavy atom. The lowest BCUT2D eigenvalue weighted by Crippen LogP contribution is -2.60. The summed E-state index contributed by atoms with van der Waals surface area (Å²) in [5, 5.41) is 14.3. The van der Waals surface area contributed by atoms with Gasteiger partial charge in [0.2, 0.25) is 5.91 Å². The molecule has 1 saturated heterocycles. The van der Waals surface area contributed by atoms with Crippen molar-refractivity contribution in [3.8, 4) is 0 Å². The van der Waals surface area contributed by atoms with E-state index in [0.29, 0.717) is 31.5 Å². The summed E-state index contributed by atoms with van der Waals surface area (Å²) in [6.45, 7) is 3.51. The van der Waals surface area contributed by atoms with E-state index in [-0.39, 0.29) is 12.5 Å². The van der Waals surface area contributed by atoms with Crippen molar-refractivity contribution in [2.24, 2.45) is 11.8 Å². The Labute approximate surface area is 124 Å². The van der Waals surface area contributed by atoms with E-state index in [2.05, 4.69) is 17.6 Å². The van der Waals surface area contributed by atoms with Crippen LogP contribution in [-0.4, -0.2) is 53.6 Å². The van der Waals surface area contributed by atoms with Crippen LogP contribution in [0.1, 0.15) is 32.6 Å². The molecule has 1 aliphatic heterocycles. The SMILES string of the molecule is CC1CCC(CNC(=O)N2CCNC(=O)C2CC(=O)O)C1. The lowest BCUT2D eigenvalue weighted by Gasteiger charge is -2.34. The molecule has 2 rings (SSSR count). The number of carbonyl (C=O) groups excluding carboxylic acids is 2. The number of urea groups is 1. The highest BCUT2D eigenvalue weighted by molar-refractivity contribution is 5.91. The van der Waals surface area contributed by atoms with Crippen LogP contribution in [0.4, 0.5) is 4.79 Å². The maximum Gasteiger partial charge on any atom is 0.318 e. The molecule has 1 aliphatic carbocycles. The highest BCUT2D eigenvalue weighted by Gasteiger charge is 2.35. The molecule has 2 fully saturated rings. The van der Waals surface area contributed by atoms with Crippen molar-refractivity contribution >= 4 is 17.9 Å². The van der Waals surface area contributed by atoms with Gasteiger partial charge in [-0.3, -0.25) is 9.59 Å². The first kappa shape index (κ1) is 15.6. The highest BCUT2D eigenvalue weighted by Crippen LogP contribution is 2.29. The predicted molar refractivity (Wildman–Crippen MR) is 75.7 cm³/mol. The number of carbonyl (C=O) groups is 3. The van der Waals surface area contributed by atoms with E-state index in [0.717, 1.165) is 12.8 Å². The zero-order chi connectivity index (χ0) is 15.4. The lowest BCUT2D eigenvalue weighted by atomic mass is 10.1. The van der Waals surface area contributed by atoms with Crippen molar-refractivity contribution in [3.05, 3.63) is 0 Å². The molecule has 118 valence electrons. The third-order valence-electron chi connectivity index (χ3n) is 4.31. The van der Waals surface area contributed by atoms with E-state index in [1.807, 2.05) is 0 Å². The van der Waals surface area contributed by atoms with Crippen LogP contribution < -0.4 is 10.6 Å². The number of rotatable bonds is 4. The quantitative estimate of drug-likeness (QED) is 0.700. The van der Waals surface area contributed by atoms with Crippen molar-refractivity contribution in [2.45, 2.75) is 38.6 Å². The Morgan fingerprint density at radius 2 is 2.19 bits per heavy atom. The minimum atomic E-state index is -1.08. The molecule has 0 aromatic rings. The number of nitrogens with zero attached hydrogens (tertiary/aromatic N) is 1. The molecule has 7 heteroatoms. The van der Waals surface area contributed by atoms with Gasteiger partial charge in [0, 0.05) is 19.6 Å². The van der Waals surface area contributed by atoms with Crippen LogP contribution >= 0.6 is 0 Å². The topological polar surface area (TPSA) is 98.7 Å². The molecule has 0 spiro atoms. The summed E-state index contributed by atoms with van der Waals surface area (Å²) in [4.78, 5) is 36.2. The van der Waals surface area contributed by atoms with Crippen molar-refractivity contribution in [2.75, 3.05) is 19.6 Å². The fourth-order valence-corrected chi connectivity index (χ4v) is 3.17. The number of hydrogen-bond donors (Lipinski definition) is 3. The van der Waals surface area contributed by atoms with E-state index in [9.17, 15) is 14.4 Å². The van der Waals surface area contributed by atoms with Gasteiger partial charge in [0.05, 0.1) is 6.42 Å². The lowest BCUT2D eigenvalue weighted by molar-refractivity contribution is -0.142. The van der Waals surface area contributed by atoms with Gasteiger partial charge in [0.25, 0.3) is 0 Å². The molecule has 3 amide bonds. The summed E-state index contributed by atoms with van der Waals surface area (Å²) in [6.07, 6.45) is 3.05. The average Bonchev–Trinajstić information content (AvgIpc) is 2.84. The standard InChI is InChI=1S/C14H23N3O4/c1-9-2-3-10(6-9)8-16-14(21)17-5-4-15-13(20)11(17)7-12(18)19/h9-11H,2-8H2,1H3,(H,15,20)(H,16,21)(H,18,19). The maximum atomic E-state index is 12.2. The largest absolute Gasteiger partial charge is 0.481 e. The summed E-state index contributed by atoms with van der Waals surface area (Å²) >= 11 is 0. The third kappa shape index (κ3) is 4.09. The minimum Gasteiger partial charge on any atom is -0.481 e. The average molecular weight is 297 g/mol. The molecule has 2 aliphatic rings. The van der Waals surface area contributed by atoms with Gasteiger partial charge in [-0.25, -0.2) is 4.79 Å². The second kappa shape index (κ2) is 6.78. The van der Waals surface area contributed by atoms with Crippen LogP contribution in [0.5, 0.6) is 0 Å². The number of amides is 3. The van der Waals surface area contributed by atoms with Gasteiger partial charge in [0.1, 0.15) is 6.04 Å². The fourth-order valence-electron chi connectivity index (χ4n) is 3.17. The second-order valence-electron chi connectivity index (χ2n) is 6.07. The summed E-state index contributed by atoms with van der Waals surface area (Å²) in [7, 11) is 0. The molecule has 7 nitrogen and oxygen atoms in total. The Hall–Kier alpha value is -1.79. The minimum absolute atomic E-state index is 0.337. The van der Waals surface area contributed by atoms with Gasteiger partial charge >= 0.3 is 12.0 Å². The van der Waals surface area contributed by atoms with E-state index in [1.54, 1.807) is 0 Å². The first-order valence-corrected chi connectivity index (χ1v) is 7.51. The van der Waals surface area contributed by atoms with Crippen LogP contribution in [0.2, 0.25) is 0 Å². The van der Waals surface area contributed by atoms with Crippen molar-refractivity contribution < 1.29 is 19.5 Å². The third-order valence-corrected chi connectivity index (χ3v) is 4.31. The van der Waals surface area contributed by atoms with E-state index in [1.165, 1.54) is 11.3 Å². The van der Waals surface area contributed by atoms with Gasteiger partial charge in [-0.1, -0.05) is 13.3 Å². The van der Waals surface area contributed by atoms with Crippen LogP contribution in [0.25, 0.3) is 0 Å². The van der Waals surface area contributed by atoms with Crippen LogP contribution in [-0.2, 0) is 9.59 Å². The zero-order valence-corrected chi connectivity index (χ0v) is 12.3. The normalized spacial score (nSPS) is 29.1. The molecule has 3 unspecified atom stereocenters. The van der Waals surface area contributed by atoms with Crippen LogP contribution in [0.15, 0.2) is 0 Å². The van der Waals surface area contributed by atoms with Crippen molar-refractivity contribution in [1.29, 1.82) is 0 Å². The van der Waals surface area contributed by atoms with Gasteiger partial charge in [-0.2, -0.15) is 0 Å². The van der Waals surface area contributed by atoms with Gasteiger partial charge in [-0.05, 0) is 24.7 Å². The Bertz CT molecular complexity index is 426. The molecule has 0 bridgehead atoms. The molecule has 3 atom stereocenters. The van der Waals surface area contributed by atoms with Crippen LogP contribution in [0, 0.1) is 11.8 Å². The molecule has 0 aromatic heterocycles. The van der Waals surface area contributed by atoms with Crippen LogP contribution in [0.3, 0.4) is 0 Å². The molecule has 3 N–H and O–H groups in total. The molecule has 1 saturated carbocycles. The first-order chi connectivity index (χ1) is 9.97. The second-order valence-corrected chi connectivity index (χ2v) is 6.07. The number of carboxylic acids is 1. The number of hydrogen-bond acceptors (Lipinski definition) is 3. The summed E-state index contributed by atoms with van der Waals surface area (Å²) in [5.74, 6) is -0.291. The van der Waals surface area contributed by atoms with E-state index < -0.39 is 17.9 Å². The summed E-state index contributed by atoms with van der Waals surface area (Å²) < 4.78 is 0. The molecule has 21 heavy (non-hydrogen) atoms. The van der Waals surface area contributed by atoms with Gasteiger partial charge < -0.3 is 20.6 Å². The molecular weight excluding hydrogens is 274 g/mol. The predicted octanol–water partition coefficient (Wildman–Crippen LogP) is 0.407. The number of carboxylic acid groups (broad SMARTS) is 1. The smallest absolute Gasteiger partial charge is 0.318 e. The molecular formula is C14H23N3O4. The molecule has 0 radical (unpaired) electrons. The monoisotopic (exact) mass is 297 g/mol. The summed E-state index contributed by atoms with van der Waals surface area (Å²) in [5.41, 5.74) is 0. The maximum absolute atomic E-state index is 12.2. The zero-order valence-electron chi connectivity index (χ0n) is 12.3. The van der Waals surface area contributed by atoms with Crippen molar-refractivity contribution in [3.63, 3.8) is 0 Å². The van der Waals surface area contributed by atoms with E-state index in [4.69, 9.17) is 5.11 Å². The fraction of sp³-hybridized carbons (Fsp3) is 0.786. The number of aliphatic carboxylic acids is 1. The Morgan fingerprint density at radius 1 is 1.43 bits per heavy atom. The number of nitrogens with one attached hydrogen (secondary N) is 2. The van der Waals surface area contributed by atoms with Gasteiger partial charge in [0.15, 0.2) is 0 Å². The summed E-state index contributed by atoms with van der Waals surface area (Å²) in [6, 6.07) is -1.26. The highest BCUT2D eigenvalue weighted by atomic mass is 16.4. The van der Waals surface area contributed by atoms with Crippen molar-refractivity contribution in [1.82, 2.24) is 15.5 Å². The first-order valence-electron chi connectivity index (χ1n) is 7.51. The molecule has 1 heterocycles. The molecule has 0 aromatic carbocycles.